The molecule has 3 unspecified atom stereocenters. The third kappa shape index (κ3) is 2.14. The maximum absolute atomic E-state index is 14.0. The van der Waals surface area contributed by atoms with Gasteiger partial charge in [0.15, 0.2) is 0 Å². The third-order valence-electron chi connectivity index (χ3n) is 3.12. The van der Waals surface area contributed by atoms with Gasteiger partial charge in [0.05, 0.1) is 6.10 Å². The van der Waals surface area contributed by atoms with Crippen LogP contribution in [0.3, 0.4) is 0 Å². The van der Waals surface area contributed by atoms with E-state index < -0.39 is 48.2 Å². The van der Waals surface area contributed by atoms with E-state index in [9.17, 15) is 52.7 Å². The van der Waals surface area contributed by atoms with E-state index in [2.05, 4.69) is 4.74 Å². The molecule has 0 amide bonds. The molecule has 1 fully saturated rings. The predicted molar refractivity (Wildman–Crippen MR) is 44.8 cm³/mol. The highest BCUT2D eigenvalue weighted by Crippen LogP contribution is 2.65. The number of rotatable bonds is 1. The lowest BCUT2D eigenvalue weighted by Gasteiger charge is -2.43. The second-order valence-corrected chi connectivity index (χ2v) is 4.68. The summed E-state index contributed by atoms with van der Waals surface area (Å²) in [5, 5.41) is 0. The van der Waals surface area contributed by atoms with Crippen LogP contribution in [-0.4, -0.2) is 41.8 Å². The van der Waals surface area contributed by atoms with Crippen LogP contribution >= 0.6 is 0 Å². The van der Waals surface area contributed by atoms with Crippen molar-refractivity contribution in [1.82, 2.24) is 0 Å². The van der Waals surface area contributed by atoms with Gasteiger partial charge in [-0.2, -0.15) is 39.5 Å². The Bertz CT molecular complexity index is 421. The van der Waals surface area contributed by atoms with Crippen LogP contribution in [0.4, 0.5) is 52.7 Å². The fraction of sp³-hybridized carbons (Fsp3) is 1.00. The fourth-order valence-corrected chi connectivity index (χ4v) is 2.12. The summed E-state index contributed by atoms with van der Waals surface area (Å²) in [6.07, 6.45) is -25.8. The van der Waals surface area contributed by atoms with E-state index >= 15 is 0 Å². The zero-order valence-electron chi connectivity index (χ0n) is 10.2. The monoisotopic (exact) mass is 358 g/mol. The lowest BCUT2D eigenvalue weighted by atomic mass is 9.81. The summed E-state index contributed by atoms with van der Waals surface area (Å²) in [5.74, 6) is -6.38. The van der Waals surface area contributed by atoms with Crippen LogP contribution in [0, 0.1) is 0 Å². The van der Waals surface area contributed by atoms with E-state index in [0.717, 1.165) is 0 Å². The van der Waals surface area contributed by atoms with Crippen LogP contribution in [-0.2, 0) is 4.74 Å². The smallest absolute Gasteiger partial charge is 0.337 e. The van der Waals surface area contributed by atoms with Gasteiger partial charge in [-0.3, -0.25) is 0 Å². The van der Waals surface area contributed by atoms with Crippen molar-refractivity contribution in [3.05, 3.63) is 0 Å². The summed E-state index contributed by atoms with van der Waals surface area (Å²) in [7, 11) is 0. The van der Waals surface area contributed by atoms with E-state index in [1.165, 1.54) is 0 Å². The highest BCUT2D eigenvalue weighted by atomic mass is 19.4. The van der Waals surface area contributed by atoms with E-state index in [1.54, 1.807) is 0 Å². The Morgan fingerprint density at radius 1 is 0.818 bits per heavy atom. The summed E-state index contributed by atoms with van der Waals surface area (Å²) in [4.78, 5) is 0. The molecule has 1 saturated heterocycles. The molecule has 0 radical (unpaired) electrons. The molecule has 0 aromatic heterocycles. The van der Waals surface area contributed by atoms with Crippen LogP contribution in [0.1, 0.15) is 13.3 Å². The number of halogens is 12. The van der Waals surface area contributed by atoms with Gasteiger partial charge in [0.1, 0.15) is 0 Å². The minimum absolute atomic E-state index is 0.370. The van der Waals surface area contributed by atoms with Gasteiger partial charge in [0.25, 0.3) is 5.67 Å². The molecule has 0 aliphatic carbocycles. The van der Waals surface area contributed by atoms with Crippen molar-refractivity contribution in [1.29, 1.82) is 0 Å². The van der Waals surface area contributed by atoms with Crippen molar-refractivity contribution in [2.75, 3.05) is 0 Å². The highest BCUT2D eigenvalue weighted by molar-refractivity contribution is 5.20. The first-order chi connectivity index (χ1) is 9.35. The van der Waals surface area contributed by atoms with Crippen LogP contribution in [0.5, 0.6) is 0 Å². The maximum atomic E-state index is 14.0. The molecule has 0 bridgehead atoms. The largest absolute Gasteiger partial charge is 0.437 e. The van der Waals surface area contributed by atoms with Crippen molar-refractivity contribution < 1.29 is 57.4 Å². The van der Waals surface area contributed by atoms with Crippen molar-refractivity contribution in [2.24, 2.45) is 0 Å². The topological polar surface area (TPSA) is 9.23 Å². The number of ether oxygens (including phenoxy) is 1. The van der Waals surface area contributed by atoms with Gasteiger partial charge < -0.3 is 4.74 Å². The normalized spacial score (nSPS) is 35.0. The van der Waals surface area contributed by atoms with Crippen LogP contribution in [0.15, 0.2) is 0 Å². The Kier molecular flexibility index (Phi) is 3.98. The Balaban J connectivity index is 3.72. The molecule has 1 rings (SSSR count). The van der Waals surface area contributed by atoms with Crippen molar-refractivity contribution in [2.45, 2.75) is 55.2 Å². The van der Waals surface area contributed by atoms with E-state index in [-0.39, 0.29) is 0 Å². The van der Waals surface area contributed by atoms with Gasteiger partial charge in [-0.15, -0.1) is 0 Å². The third-order valence-corrected chi connectivity index (χ3v) is 3.12. The van der Waals surface area contributed by atoms with Crippen LogP contribution in [0.2, 0.25) is 0 Å². The average Bonchev–Trinajstić information content (AvgIpc) is 2.45. The SMILES string of the molecule is CC1CC(F)(C(F)(F)F)C(F)(C(F)(C(F)(F)F)C(F)(F)F)O1. The number of alkyl halides is 12. The molecule has 0 saturated carbocycles. The van der Waals surface area contributed by atoms with Gasteiger partial charge in [-0.05, 0) is 6.92 Å². The molecule has 1 nitrogen and oxygen atoms in total. The molecular weight excluding hydrogens is 352 g/mol. The van der Waals surface area contributed by atoms with Crippen LogP contribution < -0.4 is 0 Å². The van der Waals surface area contributed by atoms with E-state index in [0.29, 0.717) is 6.92 Å². The Hall–Kier alpha value is -0.880. The van der Waals surface area contributed by atoms with Gasteiger partial charge in [-0.25, -0.2) is 13.2 Å². The highest BCUT2D eigenvalue weighted by Gasteiger charge is 2.94. The molecule has 0 aromatic rings. The minimum atomic E-state index is -7.26. The molecule has 0 N–H and O–H groups in total. The second-order valence-electron chi connectivity index (χ2n) is 4.68. The first-order valence-electron chi connectivity index (χ1n) is 5.30. The van der Waals surface area contributed by atoms with Gasteiger partial charge in [0.2, 0.25) is 0 Å². The standard InChI is InChI=1S/C9H6F12O/c1-3-2-4(10,7(13,14)15)6(12,22-3)5(11,8(16,17)18)9(19,20)21/h3H,2H2,1H3. The van der Waals surface area contributed by atoms with E-state index in [4.69, 9.17) is 0 Å². The summed E-state index contributed by atoms with van der Waals surface area (Å²) in [6, 6.07) is 0. The number of hydrogen-bond donors (Lipinski definition) is 0. The average molecular weight is 358 g/mol. The van der Waals surface area contributed by atoms with E-state index in [1.807, 2.05) is 0 Å². The summed E-state index contributed by atoms with van der Waals surface area (Å²) in [6.45, 7) is 0.370. The first-order valence-corrected chi connectivity index (χ1v) is 5.30. The molecule has 22 heavy (non-hydrogen) atoms. The molecule has 0 aromatic carbocycles. The van der Waals surface area contributed by atoms with Crippen molar-refractivity contribution in [3.63, 3.8) is 0 Å². The summed E-state index contributed by atoms with van der Waals surface area (Å²) < 4.78 is 157. The Labute approximate surface area is 114 Å². The van der Waals surface area contributed by atoms with Crippen molar-refractivity contribution >= 4 is 0 Å². The Morgan fingerprint density at radius 2 is 1.18 bits per heavy atom. The lowest BCUT2D eigenvalue weighted by Crippen LogP contribution is -2.74. The fourth-order valence-electron chi connectivity index (χ4n) is 2.12. The molecule has 13 heteroatoms. The predicted octanol–water partition coefficient (Wildman–Crippen LogP) is 4.56. The lowest BCUT2D eigenvalue weighted by molar-refractivity contribution is -0.445. The molecule has 0 spiro atoms. The first kappa shape index (κ1) is 19.2. The van der Waals surface area contributed by atoms with Gasteiger partial charge in [-0.1, -0.05) is 0 Å². The summed E-state index contributed by atoms with van der Waals surface area (Å²) >= 11 is 0. The Morgan fingerprint density at radius 3 is 1.45 bits per heavy atom. The minimum Gasteiger partial charge on any atom is -0.337 e. The van der Waals surface area contributed by atoms with Gasteiger partial charge in [0, 0.05) is 6.42 Å². The molecular formula is C9H6F12O. The molecule has 132 valence electrons. The number of hydrogen-bond acceptors (Lipinski definition) is 1. The van der Waals surface area contributed by atoms with Crippen LogP contribution in [0.25, 0.3) is 0 Å². The van der Waals surface area contributed by atoms with Crippen molar-refractivity contribution in [3.8, 4) is 0 Å². The zero-order chi connectivity index (χ0) is 18.0. The molecule has 1 aliphatic heterocycles. The summed E-state index contributed by atoms with van der Waals surface area (Å²) in [5.41, 5.74) is -13.1. The van der Waals surface area contributed by atoms with Gasteiger partial charge >= 0.3 is 30.1 Å². The second kappa shape index (κ2) is 4.57. The quantitative estimate of drug-likeness (QED) is 0.625. The molecule has 1 heterocycles. The zero-order valence-corrected chi connectivity index (χ0v) is 10.2. The molecule has 1 aliphatic rings. The molecule has 3 atom stereocenters. The maximum Gasteiger partial charge on any atom is 0.437 e.